The van der Waals surface area contributed by atoms with E-state index in [1.54, 1.807) is 19.1 Å². The van der Waals surface area contributed by atoms with Gasteiger partial charge in [0.05, 0.1) is 17.2 Å². The van der Waals surface area contributed by atoms with Crippen molar-refractivity contribution in [2.45, 2.75) is 19.6 Å². The Bertz CT molecular complexity index is 1260. The fourth-order valence-electron chi connectivity index (χ4n) is 4.16. The second-order valence-electron chi connectivity index (χ2n) is 8.10. The molecule has 2 aliphatic heterocycles. The zero-order valence-corrected chi connectivity index (χ0v) is 18.5. The molecule has 1 saturated heterocycles. The lowest BCUT2D eigenvalue weighted by Crippen LogP contribution is -2.29. The Kier molecular flexibility index (Phi) is 5.69. The highest BCUT2D eigenvalue weighted by atomic mass is 16.7. The van der Waals surface area contributed by atoms with Crippen molar-refractivity contribution in [3.63, 3.8) is 0 Å². The van der Waals surface area contributed by atoms with E-state index in [1.807, 2.05) is 48.5 Å². The van der Waals surface area contributed by atoms with E-state index in [0.717, 1.165) is 11.1 Å². The number of rotatable bonds is 6. The summed E-state index contributed by atoms with van der Waals surface area (Å²) in [5.74, 6) is 1.16. The van der Waals surface area contributed by atoms with Crippen LogP contribution in [0.4, 0.5) is 5.69 Å². The number of amides is 1. The Morgan fingerprint density at radius 3 is 2.53 bits per heavy atom. The Morgan fingerprint density at radius 1 is 1.06 bits per heavy atom. The van der Waals surface area contributed by atoms with Crippen molar-refractivity contribution in [3.8, 4) is 11.5 Å². The van der Waals surface area contributed by atoms with Crippen molar-refractivity contribution in [2.75, 3.05) is 13.3 Å². The van der Waals surface area contributed by atoms with E-state index in [2.05, 4.69) is 10.0 Å². The van der Waals surface area contributed by atoms with Gasteiger partial charge in [-0.1, -0.05) is 36.4 Å². The largest absolute Gasteiger partial charge is 0.454 e. The third-order valence-corrected chi connectivity index (χ3v) is 5.85. The van der Waals surface area contributed by atoms with E-state index in [9.17, 15) is 14.9 Å². The maximum absolute atomic E-state index is 13.1. The summed E-state index contributed by atoms with van der Waals surface area (Å²) in [5.41, 5.74) is 3.21. The number of hydrogen-bond acceptors (Lipinski definition) is 7. The molecule has 3 aromatic rings. The molecule has 9 nitrogen and oxygen atoms in total. The van der Waals surface area contributed by atoms with E-state index in [0.29, 0.717) is 29.3 Å². The van der Waals surface area contributed by atoms with Crippen LogP contribution >= 0.6 is 0 Å². The molecule has 2 aliphatic rings. The van der Waals surface area contributed by atoms with Gasteiger partial charge in [-0.15, -0.1) is 0 Å². The Hall–Kier alpha value is -4.24. The zero-order valence-electron chi connectivity index (χ0n) is 18.5. The van der Waals surface area contributed by atoms with Crippen molar-refractivity contribution in [1.82, 2.24) is 9.91 Å². The van der Waals surface area contributed by atoms with E-state index < -0.39 is 11.1 Å². The summed E-state index contributed by atoms with van der Waals surface area (Å²) < 4.78 is 11.0. The van der Waals surface area contributed by atoms with Crippen LogP contribution in [0.1, 0.15) is 29.8 Å². The van der Waals surface area contributed by atoms with Gasteiger partial charge in [-0.05, 0) is 47.9 Å². The predicted octanol–water partition coefficient (Wildman–Crippen LogP) is 4.09. The molecule has 3 aromatic carbocycles. The number of hydrazone groups is 1. The van der Waals surface area contributed by atoms with Gasteiger partial charge in [-0.3, -0.25) is 19.8 Å². The predicted molar refractivity (Wildman–Crippen MR) is 124 cm³/mol. The second kappa shape index (κ2) is 8.95. The molecule has 1 atom stereocenters. The highest BCUT2D eigenvalue weighted by molar-refractivity contribution is 5.99. The molecular weight excluding hydrogens is 436 g/mol. The van der Waals surface area contributed by atoms with E-state index >= 15 is 0 Å². The number of nitro groups is 1. The fourth-order valence-corrected chi connectivity index (χ4v) is 4.16. The first-order valence-electron chi connectivity index (χ1n) is 10.8. The van der Waals surface area contributed by atoms with E-state index in [1.165, 1.54) is 17.1 Å². The zero-order chi connectivity index (χ0) is 23.7. The van der Waals surface area contributed by atoms with Crippen molar-refractivity contribution < 1.29 is 19.2 Å². The number of carbonyl (C=O) groups is 1. The molecule has 0 saturated carbocycles. The lowest BCUT2D eigenvalue weighted by molar-refractivity contribution is -0.384. The molecule has 5 rings (SSSR count). The van der Waals surface area contributed by atoms with E-state index in [-0.39, 0.29) is 24.9 Å². The van der Waals surface area contributed by atoms with Gasteiger partial charge in [0, 0.05) is 18.7 Å². The third-order valence-electron chi connectivity index (χ3n) is 5.85. The second-order valence-corrected chi connectivity index (χ2v) is 8.10. The minimum atomic E-state index is -0.449. The van der Waals surface area contributed by atoms with Gasteiger partial charge >= 0.3 is 0 Å². The summed E-state index contributed by atoms with van der Waals surface area (Å²) in [6.07, 6.45) is -0.449. The monoisotopic (exact) mass is 458 g/mol. The lowest BCUT2D eigenvalue weighted by atomic mass is 10.1. The normalized spacial score (nSPS) is 17.9. The minimum Gasteiger partial charge on any atom is -0.454 e. The van der Waals surface area contributed by atoms with Crippen LogP contribution in [0.2, 0.25) is 0 Å². The Morgan fingerprint density at radius 2 is 1.79 bits per heavy atom. The first-order chi connectivity index (χ1) is 16.5. The van der Waals surface area contributed by atoms with Gasteiger partial charge in [-0.25, -0.2) is 5.01 Å². The number of benzene rings is 3. The molecule has 1 amide bonds. The maximum Gasteiger partial charge on any atom is 0.269 e. The average Bonchev–Trinajstić information content (AvgIpc) is 3.43. The molecular formula is C25H22N4O5. The molecule has 0 spiro atoms. The van der Waals surface area contributed by atoms with Crippen LogP contribution in [0.5, 0.6) is 11.5 Å². The first-order valence-corrected chi connectivity index (χ1v) is 10.8. The highest BCUT2D eigenvalue weighted by Gasteiger charge is 2.40. The topological polar surface area (TPSA) is 97.5 Å². The molecule has 2 heterocycles. The number of ether oxygens (including phenoxy) is 2. The minimum absolute atomic E-state index is 0.000992. The van der Waals surface area contributed by atoms with Gasteiger partial charge in [0.1, 0.15) is 6.17 Å². The van der Waals surface area contributed by atoms with Crippen LogP contribution in [-0.4, -0.2) is 39.8 Å². The van der Waals surface area contributed by atoms with Crippen molar-refractivity contribution >= 4 is 17.3 Å². The van der Waals surface area contributed by atoms with Crippen LogP contribution < -0.4 is 9.47 Å². The molecule has 0 N–H and O–H groups in total. The quantitative estimate of drug-likeness (QED) is 0.314. The number of non-ortho nitro benzene ring substituents is 1. The maximum atomic E-state index is 13.1. The summed E-state index contributed by atoms with van der Waals surface area (Å²) >= 11 is 0. The average molecular weight is 458 g/mol. The van der Waals surface area contributed by atoms with Gasteiger partial charge in [0.15, 0.2) is 11.5 Å². The molecule has 1 fully saturated rings. The molecule has 0 radical (unpaired) electrons. The number of hydrogen-bond donors (Lipinski definition) is 0. The van der Waals surface area contributed by atoms with Crippen LogP contribution in [0.3, 0.4) is 0 Å². The van der Waals surface area contributed by atoms with Gasteiger partial charge in [0.2, 0.25) is 6.79 Å². The summed E-state index contributed by atoms with van der Waals surface area (Å²) in [6.45, 7) is 2.71. The van der Waals surface area contributed by atoms with Crippen molar-refractivity contribution in [2.24, 2.45) is 5.10 Å². The summed E-state index contributed by atoms with van der Waals surface area (Å²) in [5, 5.41) is 17.1. The number of nitrogens with zero attached hydrogens (tertiary/aromatic N) is 4. The standard InChI is InChI=1S/C25H22N4O5/c1-17(19-7-10-21(11-8-19)29(31)32)26-28-24(30)15-27(14-18-5-3-2-4-6-18)25(28)20-9-12-22-23(13-20)34-16-33-22/h2-13,25H,14-16H2,1H3/b26-17-/t25-/m1/s1. The van der Waals surface area contributed by atoms with Crippen LogP contribution in [0, 0.1) is 10.1 Å². The van der Waals surface area contributed by atoms with E-state index in [4.69, 9.17) is 9.47 Å². The molecule has 0 bridgehead atoms. The third kappa shape index (κ3) is 4.20. The molecule has 34 heavy (non-hydrogen) atoms. The SMILES string of the molecule is C/C(=N/N1C(=O)CN(Cc2ccccc2)[C@H]1c1ccc2c(c1)OCO2)c1ccc([N+](=O)[O-])cc1. The smallest absolute Gasteiger partial charge is 0.269 e. The van der Waals surface area contributed by atoms with Crippen molar-refractivity contribution in [3.05, 3.63) is 99.6 Å². The first kappa shape index (κ1) is 21.6. The molecule has 0 aliphatic carbocycles. The fraction of sp³-hybridized carbons (Fsp3) is 0.200. The number of carbonyl (C=O) groups excluding carboxylic acids is 1. The Labute approximate surface area is 196 Å². The molecule has 0 aromatic heterocycles. The van der Waals surface area contributed by atoms with Crippen LogP contribution in [0.15, 0.2) is 77.9 Å². The lowest BCUT2D eigenvalue weighted by Gasteiger charge is -2.28. The number of nitro benzene ring substituents is 1. The van der Waals surface area contributed by atoms with Gasteiger partial charge in [0.25, 0.3) is 11.6 Å². The van der Waals surface area contributed by atoms with Gasteiger partial charge in [-0.2, -0.15) is 5.10 Å². The molecule has 172 valence electrons. The van der Waals surface area contributed by atoms with Crippen LogP contribution in [-0.2, 0) is 11.3 Å². The summed E-state index contributed by atoms with van der Waals surface area (Å²) in [6, 6.07) is 21.7. The number of fused-ring (bicyclic) bond motifs is 1. The molecule has 9 heteroatoms. The Balaban J connectivity index is 1.50. The van der Waals surface area contributed by atoms with Crippen molar-refractivity contribution in [1.29, 1.82) is 0 Å². The van der Waals surface area contributed by atoms with Gasteiger partial charge < -0.3 is 9.47 Å². The van der Waals surface area contributed by atoms with Crippen LogP contribution in [0.25, 0.3) is 0 Å². The summed E-state index contributed by atoms with van der Waals surface area (Å²) in [7, 11) is 0. The summed E-state index contributed by atoms with van der Waals surface area (Å²) in [4.78, 5) is 25.7. The molecule has 0 unspecified atom stereocenters. The highest BCUT2D eigenvalue weighted by Crippen LogP contribution is 2.39.